The molecule has 0 aliphatic carbocycles. The van der Waals surface area contributed by atoms with Crippen molar-refractivity contribution in [3.63, 3.8) is 0 Å². The van der Waals surface area contributed by atoms with E-state index in [0.29, 0.717) is 31.1 Å². The van der Waals surface area contributed by atoms with E-state index in [4.69, 9.17) is 9.72 Å². The second-order valence-corrected chi connectivity index (χ2v) is 8.34. The van der Waals surface area contributed by atoms with Gasteiger partial charge in [0.1, 0.15) is 16.9 Å². The topological polar surface area (TPSA) is 89.3 Å². The summed E-state index contributed by atoms with van der Waals surface area (Å²) in [7, 11) is 4.07. The van der Waals surface area contributed by atoms with Gasteiger partial charge in [-0.25, -0.2) is 4.98 Å². The molecule has 0 spiro atoms. The fourth-order valence-electron chi connectivity index (χ4n) is 4.25. The largest absolute Gasteiger partial charge is 0.382 e. The third kappa shape index (κ3) is 3.83. The van der Waals surface area contributed by atoms with E-state index >= 15 is 0 Å². The van der Waals surface area contributed by atoms with Crippen molar-refractivity contribution in [3.05, 3.63) is 52.8 Å². The van der Waals surface area contributed by atoms with E-state index in [2.05, 4.69) is 31.2 Å². The van der Waals surface area contributed by atoms with Crippen LogP contribution in [-0.2, 0) is 4.74 Å². The van der Waals surface area contributed by atoms with Gasteiger partial charge in [0.05, 0.1) is 35.6 Å². The van der Waals surface area contributed by atoms with Crippen molar-refractivity contribution in [1.82, 2.24) is 19.9 Å². The Balaban J connectivity index is 1.65. The summed E-state index contributed by atoms with van der Waals surface area (Å²) in [6.45, 7) is 4.63. The smallest absolute Gasteiger partial charge is 0.261 e. The molecule has 3 N–H and O–H groups in total. The number of aromatic amines is 2. The van der Waals surface area contributed by atoms with Gasteiger partial charge in [-0.3, -0.25) is 4.79 Å². The third-order valence-corrected chi connectivity index (χ3v) is 5.86. The molecule has 0 atom stereocenters. The van der Waals surface area contributed by atoms with Crippen molar-refractivity contribution in [2.45, 2.75) is 0 Å². The highest BCUT2D eigenvalue weighted by Gasteiger charge is 2.21. The van der Waals surface area contributed by atoms with Gasteiger partial charge in [-0.2, -0.15) is 0 Å². The maximum Gasteiger partial charge on any atom is 0.261 e. The molecule has 0 bridgehead atoms. The SMILES string of the molecule is CN(C)CCNc1c(-c2nc3c(N4CCOCC4)cccc3[nH]2)c(=O)[nH]c2ccccc12. The molecule has 166 valence electrons. The lowest BCUT2D eigenvalue weighted by molar-refractivity contribution is 0.123. The molecule has 0 radical (unpaired) electrons. The quantitative estimate of drug-likeness (QED) is 0.434. The Morgan fingerprint density at radius 3 is 2.66 bits per heavy atom. The number of aromatic nitrogens is 3. The Morgan fingerprint density at radius 2 is 1.84 bits per heavy atom. The number of para-hydroxylation sites is 2. The second kappa shape index (κ2) is 8.64. The Hall–Kier alpha value is -3.36. The van der Waals surface area contributed by atoms with E-state index in [1.165, 1.54) is 0 Å². The van der Waals surface area contributed by atoms with E-state index in [1.54, 1.807) is 0 Å². The number of rotatable bonds is 6. The number of imidazole rings is 1. The predicted octanol–water partition coefficient (Wildman–Crippen LogP) is 2.88. The zero-order valence-corrected chi connectivity index (χ0v) is 18.4. The van der Waals surface area contributed by atoms with Crippen molar-refractivity contribution in [2.24, 2.45) is 0 Å². The van der Waals surface area contributed by atoms with E-state index in [9.17, 15) is 4.79 Å². The summed E-state index contributed by atoms with van der Waals surface area (Å²) in [5.41, 5.74) is 4.83. The number of likely N-dealkylation sites (N-methyl/N-ethyl adjacent to an activating group) is 1. The van der Waals surface area contributed by atoms with Crippen LogP contribution < -0.4 is 15.8 Å². The van der Waals surface area contributed by atoms with E-state index in [-0.39, 0.29) is 5.56 Å². The number of morpholine rings is 1. The fourth-order valence-corrected chi connectivity index (χ4v) is 4.25. The summed E-state index contributed by atoms with van der Waals surface area (Å²) in [4.78, 5) is 29.0. The predicted molar refractivity (Wildman–Crippen MR) is 130 cm³/mol. The highest BCUT2D eigenvalue weighted by molar-refractivity contribution is 6.00. The number of H-pyrrole nitrogens is 2. The Labute approximate surface area is 186 Å². The second-order valence-electron chi connectivity index (χ2n) is 8.34. The molecule has 1 fully saturated rings. The first-order valence-corrected chi connectivity index (χ1v) is 11.0. The first-order chi connectivity index (χ1) is 15.6. The average Bonchev–Trinajstić information content (AvgIpc) is 3.23. The van der Waals surface area contributed by atoms with Crippen LogP contribution in [0.1, 0.15) is 0 Å². The molecule has 5 rings (SSSR count). The van der Waals surface area contributed by atoms with Gasteiger partial charge in [0.2, 0.25) is 0 Å². The zero-order chi connectivity index (χ0) is 22.1. The molecule has 8 nitrogen and oxygen atoms in total. The third-order valence-electron chi connectivity index (χ3n) is 5.86. The van der Waals surface area contributed by atoms with E-state index < -0.39 is 0 Å². The number of benzene rings is 2. The van der Waals surface area contributed by atoms with Gasteiger partial charge in [-0.05, 0) is 32.3 Å². The van der Waals surface area contributed by atoms with E-state index in [1.807, 2.05) is 50.5 Å². The lowest BCUT2D eigenvalue weighted by atomic mass is 10.1. The number of hydrogen-bond acceptors (Lipinski definition) is 6. The summed E-state index contributed by atoms with van der Waals surface area (Å²) in [6.07, 6.45) is 0. The highest BCUT2D eigenvalue weighted by atomic mass is 16.5. The summed E-state index contributed by atoms with van der Waals surface area (Å²) < 4.78 is 5.51. The molecule has 1 saturated heterocycles. The van der Waals surface area contributed by atoms with Crippen LogP contribution in [0.5, 0.6) is 0 Å². The molecule has 3 heterocycles. The van der Waals surface area contributed by atoms with Gasteiger partial charge < -0.3 is 29.8 Å². The molecule has 0 unspecified atom stereocenters. The molecule has 8 heteroatoms. The highest BCUT2D eigenvalue weighted by Crippen LogP contribution is 2.33. The standard InChI is InChI=1S/C24H28N6O2/c1-29(2)11-10-25-21-16-6-3-4-7-17(16)27-24(31)20(21)23-26-18-8-5-9-19(22(18)28-23)30-12-14-32-15-13-30/h3-9H,10-15H2,1-2H3,(H,26,28)(H2,25,27,31). The van der Waals surface area contributed by atoms with Gasteiger partial charge in [0.25, 0.3) is 5.56 Å². The molecule has 0 amide bonds. The van der Waals surface area contributed by atoms with Gasteiger partial charge in [-0.1, -0.05) is 24.3 Å². The molecular formula is C24H28N6O2. The van der Waals surface area contributed by atoms with Crippen LogP contribution in [0.3, 0.4) is 0 Å². The zero-order valence-electron chi connectivity index (χ0n) is 18.4. The number of nitrogens with one attached hydrogen (secondary N) is 3. The number of nitrogens with zero attached hydrogens (tertiary/aromatic N) is 3. The first kappa shape index (κ1) is 20.5. The van der Waals surface area contributed by atoms with Crippen LogP contribution in [0, 0.1) is 0 Å². The molecule has 32 heavy (non-hydrogen) atoms. The van der Waals surface area contributed by atoms with Crippen LogP contribution in [0.4, 0.5) is 11.4 Å². The number of ether oxygens (including phenoxy) is 1. The van der Waals surface area contributed by atoms with Crippen LogP contribution in [-0.4, -0.2) is 73.3 Å². The molecule has 2 aromatic carbocycles. The Kier molecular flexibility index (Phi) is 5.55. The Morgan fingerprint density at radius 1 is 1.06 bits per heavy atom. The van der Waals surface area contributed by atoms with Gasteiger partial charge in [-0.15, -0.1) is 0 Å². The number of pyridine rings is 1. The molecule has 2 aromatic heterocycles. The molecule has 0 saturated carbocycles. The van der Waals surface area contributed by atoms with Crippen molar-refractivity contribution < 1.29 is 4.74 Å². The molecule has 1 aliphatic rings. The summed E-state index contributed by atoms with van der Waals surface area (Å²) in [6, 6.07) is 14.0. The normalized spacial score (nSPS) is 14.5. The maximum absolute atomic E-state index is 13.2. The molecule has 4 aromatic rings. The van der Waals surface area contributed by atoms with Crippen LogP contribution in [0.2, 0.25) is 0 Å². The van der Waals surface area contributed by atoms with E-state index in [0.717, 1.165) is 52.9 Å². The summed E-state index contributed by atoms with van der Waals surface area (Å²) in [5, 5.41) is 4.47. The number of fused-ring (bicyclic) bond motifs is 2. The lowest BCUT2D eigenvalue weighted by Crippen LogP contribution is -2.36. The van der Waals surface area contributed by atoms with Gasteiger partial charge >= 0.3 is 0 Å². The van der Waals surface area contributed by atoms with Gasteiger partial charge in [0.15, 0.2) is 0 Å². The van der Waals surface area contributed by atoms with Crippen LogP contribution >= 0.6 is 0 Å². The van der Waals surface area contributed by atoms with Crippen molar-refractivity contribution in [3.8, 4) is 11.4 Å². The first-order valence-electron chi connectivity index (χ1n) is 11.0. The molecular weight excluding hydrogens is 404 g/mol. The number of anilines is 2. The maximum atomic E-state index is 13.2. The minimum atomic E-state index is -0.164. The summed E-state index contributed by atoms with van der Waals surface area (Å²) >= 11 is 0. The van der Waals surface area contributed by atoms with Crippen LogP contribution in [0.15, 0.2) is 47.3 Å². The van der Waals surface area contributed by atoms with Crippen molar-refractivity contribution in [1.29, 1.82) is 0 Å². The van der Waals surface area contributed by atoms with Crippen molar-refractivity contribution in [2.75, 3.05) is 63.7 Å². The number of hydrogen-bond donors (Lipinski definition) is 3. The average molecular weight is 433 g/mol. The Bertz CT molecular complexity index is 1300. The van der Waals surface area contributed by atoms with Crippen molar-refractivity contribution >= 4 is 33.3 Å². The fraction of sp³-hybridized carbons (Fsp3) is 0.333. The van der Waals surface area contributed by atoms with Gasteiger partial charge in [0, 0.05) is 31.6 Å². The molecule has 1 aliphatic heterocycles. The minimum Gasteiger partial charge on any atom is -0.382 e. The van der Waals surface area contributed by atoms with Crippen LogP contribution in [0.25, 0.3) is 33.3 Å². The summed E-state index contributed by atoms with van der Waals surface area (Å²) in [5.74, 6) is 0.570. The lowest BCUT2D eigenvalue weighted by Gasteiger charge is -2.28. The monoisotopic (exact) mass is 432 g/mol. The minimum absolute atomic E-state index is 0.164.